The number of rotatable bonds is 6. The van der Waals surface area contributed by atoms with Crippen molar-refractivity contribution in [1.29, 1.82) is 0 Å². The van der Waals surface area contributed by atoms with Crippen LogP contribution in [0.3, 0.4) is 0 Å². The third-order valence-electron chi connectivity index (χ3n) is 2.47. The molecule has 0 radical (unpaired) electrons. The first-order valence-corrected chi connectivity index (χ1v) is 6.28. The van der Waals surface area contributed by atoms with Crippen LogP contribution in [0.4, 0.5) is 0 Å². The molecule has 1 fully saturated rings. The molecule has 0 aromatic heterocycles. The second-order valence-corrected chi connectivity index (χ2v) is 4.94. The maximum atomic E-state index is 11.4. The van der Waals surface area contributed by atoms with Crippen molar-refractivity contribution < 1.29 is 14.3 Å². The molecule has 1 saturated heterocycles. The van der Waals surface area contributed by atoms with Gasteiger partial charge in [-0.15, -0.1) is 0 Å². The number of carbonyl (C=O) groups is 1. The van der Waals surface area contributed by atoms with Gasteiger partial charge in [0.1, 0.15) is 6.61 Å². The SMILES string of the molecule is CC(C)CNC(=O)COCC1CNCC(C)O1. The van der Waals surface area contributed by atoms with E-state index in [1.54, 1.807) is 0 Å². The summed E-state index contributed by atoms with van der Waals surface area (Å²) in [4.78, 5) is 11.4. The van der Waals surface area contributed by atoms with Gasteiger partial charge in [-0.05, 0) is 12.8 Å². The summed E-state index contributed by atoms with van der Waals surface area (Å²) in [5, 5.41) is 6.07. The summed E-state index contributed by atoms with van der Waals surface area (Å²) in [6.45, 7) is 9.08. The molecule has 0 bridgehead atoms. The Kier molecular flexibility index (Phi) is 6.47. The molecular weight excluding hydrogens is 220 g/mol. The third-order valence-corrected chi connectivity index (χ3v) is 2.47. The van der Waals surface area contributed by atoms with E-state index in [9.17, 15) is 4.79 Å². The molecule has 2 N–H and O–H groups in total. The number of hydrogen-bond acceptors (Lipinski definition) is 4. The van der Waals surface area contributed by atoms with E-state index >= 15 is 0 Å². The molecular formula is C12H24N2O3. The van der Waals surface area contributed by atoms with Gasteiger partial charge in [-0.2, -0.15) is 0 Å². The average molecular weight is 244 g/mol. The predicted molar refractivity (Wildman–Crippen MR) is 65.9 cm³/mol. The Morgan fingerprint density at radius 3 is 2.94 bits per heavy atom. The van der Waals surface area contributed by atoms with Gasteiger partial charge in [-0.1, -0.05) is 13.8 Å². The third kappa shape index (κ3) is 6.61. The van der Waals surface area contributed by atoms with Crippen molar-refractivity contribution in [3.63, 3.8) is 0 Å². The predicted octanol–water partition coefficient (Wildman–Crippen LogP) is 0.152. The highest BCUT2D eigenvalue weighted by Gasteiger charge is 2.18. The Labute approximate surface area is 103 Å². The lowest BCUT2D eigenvalue weighted by molar-refractivity contribution is -0.128. The summed E-state index contributed by atoms with van der Waals surface area (Å²) in [6.07, 6.45) is 0.267. The van der Waals surface area contributed by atoms with Gasteiger partial charge in [0.15, 0.2) is 0 Å². The van der Waals surface area contributed by atoms with Crippen molar-refractivity contribution in [3.8, 4) is 0 Å². The molecule has 0 aromatic carbocycles. The van der Waals surface area contributed by atoms with Crippen molar-refractivity contribution in [2.45, 2.75) is 33.0 Å². The lowest BCUT2D eigenvalue weighted by atomic mass is 10.2. The molecule has 0 spiro atoms. The second-order valence-electron chi connectivity index (χ2n) is 4.94. The van der Waals surface area contributed by atoms with Gasteiger partial charge in [0.2, 0.25) is 5.91 Å². The maximum Gasteiger partial charge on any atom is 0.246 e. The van der Waals surface area contributed by atoms with Crippen LogP contribution in [0.15, 0.2) is 0 Å². The summed E-state index contributed by atoms with van der Waals surface area (Å²) >= 11 is 0. The molecule has 5 heteroatoms. The van der Waals surface area contributed by atoms with E-state index in [0.717, 1.165) is 13.1 Å². The average Bonchev–Trinajstić information content (AvgIpc) is 2.26. The quantitative estimate of drug-likeness (QED) is 0.698. The minimum Gasteiger partial charge on any atom is -0.370 e. The van der Waals surface area contributed by atoms with Gasteiger partial charge in [-0.25, -0.2) is 0 Å². The zero-order valence-corrected chi connectivity index (χ0v) is 11.0. The van der Waals surface area contributed by atoms with Gasteiger partial charge in [0.05, 0.1) is 18.8 Å². The molecule has 2 atom stereocenters. The van der Waals surface area contributed by atoms with Crippen LogP contribution in [0, 0.1) is 5.92 Å². The molecule has 1 heterocycles. The van der Waals surface area contributed by atoms with E-state index in [-0.39, 0.29) is 24.7 Å². The minimum absolute atomic E-state index is 0.0525. The van der Waals surface area contributed by atoms with Crippen LogP contribution < -0.4 is 10.6 Å². The fourth-order valence-corrected chi connectivity index (χ4v) is 1.62. The maximum absolute atomic E-state index is 11.4. The number of carbonyl (C=O) groups excluding carboxylic acids is 1. The van der Waals surface area contributed by atoms with Crippen LogP contribution in [0.25, 0.3) is 0 Å². The first kappa shape index (κ1) is 14.4. The summed E-state index contributed by atoms with van der Waals surface area (Å²) in [5.74, 6) is 0.404. The molecule has 1 amide bonds. The first-order valence-electron chi connectivity index (χ1n) is 6.28. The van der Waals surface area contributed by atoms with Crippen LogP contribution in [0.5, 0.6) is 0 Å². The Morgan fingerprint density at radius 2 is 2.29 bits per heavy atom. The monoisotopic (exact) mass is 244 g/mol. The Balaban J connectivity index is 2.04. The van der Waals surface area contributed by atoms with Crippen LogP contribution in [0.2, 0.25) is 0 Å². The molecule has 1 rings (SSSR count). The van der Waals surface area contributed by atoms with Crippen LogP contribution in [-0.4, -0.2) is 51.0 Å². The molecule has 1 aliphatic rings. The Morgan fingerprint density at radius 1 is 1.53 bits per heavy atom. The topological polar surface area (TPSA) is 59.6 Å². The number of hydrogen-bond donors (Lipinski definition) is 2. The van der Waals surface area contributed by atoms with Crippen LogP contribution in [-0.2, 0) is 14.3 Å². The Bertz CT molecular complexity index is 234. The zero-order valence-electron chi connectivity index (χ0n) is 11.0. The number of morpholine rings is 1. The largest absolute Gasteiger partial charge is 0.370 e. The van der Waals surface area contributed by atoms with E-state index in [0.29, 0.717) is 19.1 Å². The molecule has 0 saturated carbocycles. The molecule has 100 valence electrons. The van der Waals surface area contributed by atoms with Crippen molar-refractivity contribution in [2.24, 2.45) is 5.92 Å². The van der Waals surface area contributed by atoms with E-state index < -0.39 is 0 Å². The van der Waals surface area contributed by atoms with E-state index in [1.807, 2.05) is 6.92 Å². The molecule has 17 heavy (non-hydrogen) atoms. The van der Waals surface area contributed by atoms with Crippen molar-refractivity contribution in [1.82, 2.24) is 10.6 Å². The summed E-state index contributed by atoms with van der Waals surface area (Å²) in [5.41, 5.74) is 0. The molecule has 2 unspecified atom stereocenters. The van der Waals surface area contributed by atoms with Gasteiger partial charge in [0.25, 0.3) is 0 Å². The molecule has 0 aliphatic carbocycles. The van der Waals surface area contributed by atoms with E-state index in [2.05, 4.69) is 24.5 Å². The van der Waals surface area contributed by atoms with E-state index in [1.165, 1.54) is 0 Å². The van der Waals surface area contributed by atoms with Crippen LogP contribution >= 0.6 is 0 Å². The van der Waals surface area contributed by atoms with Crippen molar-refractivity contribution in [2.75, 3.05) is 32.8 Å². The van der Waals surface area contributed by atoms with Gasteiger partial charge in [-0.3, -0.25) is 4.79 Å². The van der Waals surface area contributed by atoms with Crippen molar-refractivity contribution >= 4 is 5.91 Å². The Hall–Kier alpha value is -0.650. The highest BCUT2D eigenvalue weighted by atomic mass is 16.5. The first-order chi connectivity index (χ1) is 8.08. The van der Waals surface area contributed by atoms with Gasteiger partial charge in [0, 0.05) is 19.6 Å². The zero-order chi connectivity index (χ0) is 12.7. The smallest absolute Gasteiger partial charge is 0.246 e. The number of amides is 1. The highest BCUT2D eigenvalue weighted by molar-refractivity contribution is 5.77. The van der Waals surface area contributed by atoms with Crippen LogP contribution in [0.1, 0.15) is 20.8 Å². The minimum atomic E-state index is -0.0597. The summed E-state index contributed by atoms with van der Waals surface area (Å²) < 4.78 is 11.0. The number of nitrogens with one attached hydrogen (secondary N) is 2. The highest BCUT2D eigenvalue weighted by Crippen LogP contribution is 2.03. The normalized spacial score (nSPS) is 24.9. The van der Waals surface area contributed by atoms with Crippen molar-refractivity contribution in [3.05, 3.63) is 0 Å². The van der Waals surface area contributed by atoms with Gasteiger partial charge < -0.3 is 20.1 Å². The second kappa shape index (κ2) is 7.63. The van der Waals surface area contributed by atoms with E-state index in [4.69, 9.17) is 9.47 Å². The molecule has 0 aromatic rings. The summed E-state index contributed by atoms with van der Waals surface area (Å²) in [7, 11) is 0. The fourth-order valence-electron chi connectivity index (χ4n) is 1.62. The lowest BCUT2D eigenvalue weighted by Crippen LogP contribution is -2.45. The fraction of sp³-hybridized carbons (Fsp3) is 0.917. The lowest BCUT2D eigenvalue weighted by Gasteiger charge is -2.28. The summed E-state index contributed by atoms with van der Waals surface area (Å²) in [6, 6.07) is 0. The molecule has 5 nitrogen and oxygen atoms in total. The van der Waals surface area contributed by atoms with Gasteiger partial charge >= 0.3 is 0 Å². The number of ether oxygens (including phenoxy) is 2. The standard InChI is InChI=1S/C12H24N2O3/c1-9(2)4-14-12(15)8-16-7-11-6-13-5-10(3)17-11/h9-11,13H,4-8H2,1-3H3,(H,14,15). The molecule has 1 aliphatic heterocycles.